The van der Waals surface area contributed by atoms with E-state index in [1.165, 1.54) is 7.11 Å². The number of nitrogens with one attached hydrogen (secondary N) is 2. The first-order valence-corrected chi connectivity index (χ1v) is 8.03. The van der Waals surface area contributed by atoms with Gasteiger partial charge in [0.05, 0.1) is 7.11 Å². The molecule has 1 spiro atoms. The molecule has 7 heteroatoms. The van der Waals surface area contributed by atoms with Gasteiger partial charge in [-0.1, -0.05) is 0 Å². The number of amides is 2. The number of esters is 1. The van der Waals surface area contributed by atoms with E-state index in [-0.39, 0.29) is 23.8 Å². The molecule has 7 nitrogen and oxygen atoms in total. The van der Waals surface area contributed by atoms with Gasteiger partial charge in [-0.25, -0.2) is 9.59 Å². The lowest BCUT2D eigenvalue weighted by atomic mass is 9.74. The van der Waals surface area contributed by atoms with E-state index in [4.69, 9.17) is 9.47 Å². The molecular weight excluding hydrogens is 300 g/mol. The number of alkyl carbamates (subject to hydrolysis) is 1. The van der Waals surface area contributed by atoms with E-state index >= 15 is 0 Å². The molecule has 2 N–H and O–H groups in total. The normalized spacial score (nSPS) is 23.7. The van der Waals surface area contributed by atoms with Crippen LogP contribution < -0.4 is 10.6 Å². The SMILES string of the molecule is COC(=O)C(CC1CC2(CCC2)NC1=O)NC(=O)OC(C)(C)C. The molecular formula is C16H26N2O5. The van der Waals surface area contributed by atoms with Gasteiger partial charge in [0.25, 0.3) is 0 Å². The van der Waals surface area contributed by atoms with E-state index in [0.717, 1.165) is 19.3 Å². The van der Waals surface area contributed by atoms with E-state index < -0.39 is 23.7 Å². The molecule has 2 atom stereocenters. The average Bonchev–Trinajstić information content (AvgIpc) is 2.72. The summed E-state index contributed by atoms with van der Waals surface area (Å²) in [7, 11) is 1.26. The Morgan fingerprint density at radius 2 is 2.04 bits per heavy atom. The molecule has 0 aromatic rings. The largest absolute Gasteiger partial charge is 0.467 e. The van der Waals surface area contributed by atoms with Crippen LogP contribution in [-0.4, -0.2) is 42.3 Å². The zero-order valence-electron chi connectivity index (χ0n) is 14.2. The maximum absolute atomic E-state index is 12.1. The van der Waals surface area contributed by atoms with E-state index in [9.17, 15) is 14.4 Å². The van der Waals surface area contributed by atoms with Crippen molar-refractivity contribution in [2.75, 3.05) is 7.11 Å². The summed E-state index contributed by atoms with van der Waals surface area (Å²) in [6.45, 7) is 5.22. The van der Waals surface area contributed by atoms with Gasteiger partial charge in [0, 0.05) is 11.5 Å². The lowest BCUT2D eigenvalue weighted by Gasteiger charge is -2.38. The van der Waals surface area contributed by atoms with Crippen LogP contribution in [0.1, 0.15) is 52.9 Å². The summed E-state index contributed by atoms with van der Waals surface area (Å²) in [6, 6.07) is -0.888. The molecule has 2 unspecified atom stereocenters. The van der Waals surface area contributed by atoms with Crippen molar-refractivity contribution in [3.8, 4) is 0 Å². The molecule has 0 radical (unpaired) electrons. The summed E-state index contributed by atoms with van der Waals surface area (Å²) < 4.78 is 9.91. The molecule has 1 saturated heterocycles. The predicted octanol–water partition coefficient (Wildman–Crippen LogP) is 1.50. The summed E-state index contributed by atoms with van der Waals surface area (Å²) in [5.74, 6) is -0.919. The van der Waals surface area contributed by atoms with Crippen LogP contribution in [0, 0.1) is 5.92 Å². The number of rotatable bonds is 4. The average molecular weight is 326 g/mol. The third-order valence-electron chi connectivity index (χ3n) is 4.40. The first-order valence-electron chi connectivity index (χ1n) is 8.03. The molecule has 23 heavy (non-hydrogen) atoms. The molecule has 0 aromatic heterocycles. The predicted molar refractivity (Wildman–Crippen MR) is 82.6 cm³/mol. The lowest BCUT2D eigenvalue weighted by Crippen LogP contribution is -2.47. The van der Waals surface area contributed by atoms with Gasteiger partial charge < -0.3 is 20.1 Å². The van der Waals surface area contributed by atoms with Crippen molar-refractivity contribution >= 4 is 18.0 Å². The Hall–Kier alpha value is -1.79. The third kappa shape index (κ3) is 4.36. The number of carbonyl (C=O) groups is 3. The molecule has 2 amide bonds. The highest BCUT2D eigenvalue weighted by Crippen LogP contribution is 2.42. The maximum atomic E-state index is 12.1. The molecule has 2 rings (SSSR count). The highest BCUT2D eigenvalue weighted by molar-refractivity contribution is 5.85. The van der Waals surface area contributed by atoms with Crippen LogP contribution in [-0.2, 0) is 19.1 Å². The molecule has 2 aliphatic rings. The quantitative estimate of drug-likeness (QED) is 0.764. The summed E-state index contributed by atoms with van der Waals surface area (Å²) in [5, 5.41) is 5.56. The number of methoxy groups -OCH3 is 1. The van der Waals surface area contributed by atoms with E-state index in [1.807, 2.05) is 0 Å². The highest BCUT2D eigenvalue weighted by atomic mass is 16.6. The Kier molecular flexibility index (Phi) is 4.87. The third-order valence-corrected chi connectivity index (χ3v) is 4.40. The first kappa shape index (κ1) is 17.6. The number of ether oxygens (including phenoxy) is 2. The Morgan fingerprint density at radius 1 is 1.39 bits per heavy atom. The van der Waals surface area contributed by atoms with Crippen LogP contribution in [0.2, 0.25) is 0 Å². The van der Waals surface area contributed by atoms with Gasteiger partial charge in [-0.05, 0) is 52.9 Å². The molecule has 1 aliphatic heterocycles. The molecule has 1 heterocycles. The van der Waals surface area contributed by atoms with Gasteiger partial charge in [0.2, 0.25) is 5.91 Å². The minimum Gasteiger partial charge on any atom is -0.467 e. The molecule has 1 saturated carbocycles. The van der Waals surface area contributed by atoms with Crippen molar-refractivity contribution in [2.24, 2.45) is 5.92 Å². The monoisotopic (exact) mass is 326 g/mol. The van der Waals surface area contributed by atoms with Crippen LogP contribution in [0.25, 0.3) is 0 Å². The first-order chi connectivity index (χ1) is 10.6. The lowest BCUT2D eigenvalue weighted by molar-refractivity contribution is -0.143. The van der Waals surface area contributed by atoms with Crippen LogP contribution in [0.5, 0.6) is 0 Å². The second-order valence-electron chi connectivity index (χ2n) is 7.48. The van der Waals surface area contributed by atoms with Gasteiger partial charge >= 0.3 is 12.1 Å². The Balaban J connectivity index is 1.97. The standard InChI is InChI=1S/C16H26N2O5/c1-15(2,3)23-14(21)17-11(13(20)22-4)8-10-9-16(6-5-7-16)18-12(10)19/h10-11H,5-9H2,1-4H3,(H,17,21)(H,18,19). The maximum Gasteiger partial charge on any atom is 0.408 e. The minimum absolute atomic E-state index is 0.0513. The van der Waals surface area contributed by atoms with Gasteiger partial charge in [0.15, 0.2) is 0 Å². The van der Waals surface area contributed by atoms with Crippen molar-refractivity contribution in [1.29, 1.82) is 0 Å². The highest BCUT2D eigenvalue weighted by Gasteiger charge is 2.48. The van der Waals surface area contributed by atoms with Crippen molar-refractivity contribution in [1.82, 2.24) is 10.6 Å². The van der Waals surface area contributed by atoms with Gasteiger partial charge in [-0.3, -0.25) is 4.79 Å². The number of hydrogen-bond acceptors (Lipinski definition) is 5. The van der Waals surface area contributed by atoms with Crippen molar-refractivity contribution in [3.05, 3.63) is 0 Å². The molecule has 0 bridgehead atoms. The van der Waals surface area contributed by atoms with Crippen molar-refractivity contribution < 1.29 is 23.9 Å². The Morgan fingerprint density at radius 3 is 2.48 bits per heavy atom. The fourth-order valence-electron chi connectivity index (χ4n) is 3.19. The summed E-state index contributed by atoms with van der Waals surface area (Å²) in [4.78, 5) is 36.0. The van der Waals surface area contributed by atoms with Crippen LogP contribution in [0.4, 0.5) is 4.79 Å². The topological polar surface area (TPSA) is 93.7 Å². The van der Waals surface area contributed by atoms with E-state index in [0.29, 0.717) is 6.42 Å². The van der Waals surface area contributed by atoms with Gasteiger partial charge in [-0.2, -0.15) is 0 Å². The fraction of sp³-hybridized carbons (Fsp3) is 0.812. The van der Waals surface area contributed by atoms with Gasteiger partial charge in [-0.15, -0.1) is 0 Å². The number of carbonyl (C=O) groups excluding carboxylic acids is 3. The molecule has 2 fully saturated rings. The molecule has 130 valence electrons. The second-order valence-corrected chi connectivity index (χ2v) is 7.48. The van der Waals surface area contributed by atoms with Crippen molar-refractivity contribution in [2.45, 2.75) is 70.1 Å². The Labute approximate surface area is 136 Å². The Bertz CT molecular complexity index is 493. The summed E-state index contributed by atoms with van der Waals surface area (Å²) >= 11 is 0. The van der Waals surface area contributed by atoms with E-state index in [1.54, 1.807) is 20.8 Å². The summed E-state index contributed by atoms with van der Waals surface area (Å²) in [5.41, 5.74) is -0.750. The molecule has 0 aromatic carbocycles. The fourth-order valence-corrected chi connectivity index (χ4v) is 3.19. The van der Waals surface area contributed by atoms with E-state index in [2.05, 4.69) is 10.6 Å². The smallest absolute Gasteiger partial charge is 0.408 e. The molecule has 1 aliphatic carbocycles. The zero-order valence-corrected chi connectivity index (χ0v) is 14.2. The zero-order chi connectivity index (χ0) is 17.3. The van der Waals surface area contributed by atoms with Crippen LogP contribution >= 0.6 is 0 Å². The second kappa shape index (κ2) is 6.37. The minimum atomic E-state index is -0.888. The van der Waals surface area contributed by atoms with Gasteiger partial charge in [0.1, 0.15) is 11.6 Å². The van der Waals surface area contributed by atoms with Crippen LogP contribution in [0.15, 0.2) is 0 Å². The van der Waals surface area contributed by atoms with Crippen molar-refractivity contribution in [3.63, 3.8) is 0 Å². The summed E-state index contributed by atoms with van der Waals surface area (Å²) in [6.07, 6.45) is 3.32. The number of hydrogen-bond donors (Lipinski definition) is 2. The van der Waals surface area contributed by atoms with Crippen LogP contribution in [0.3, 0.4) is 0 Å².